The van der Waals surface area contributed by atoms with Gasteiger partial charge in [-0.25, -0.2) is 0 Å². The molecule has 1 rings (SSSR count). The van der Waals surface area contributed by atoms with Crippen LogP contribution in [0.1, 0.15) is 53.4 Å². The highest BCUT2D eigenvalue weighted by atomic mass is 14.8. The Balaban J connectivity index is 0.000000217. The van der Waals surface area contributed by atoms with Crippen molar-refractivity contribution < 1.29 is 0 Å². The molecule has 12 heavy (non-hydrogen) atoms. The third-order valence-corrected chi connectivity index (χ3v) is 2.96. The lowest BCUT2D eigenvalue weighted by molar-refractivity contribution is 0.474. The molecule has 0 unspecified atom stereocenters. The largest absolute Gasteiger partial charge is 0.317 e. The van der Waals surface area contributed by atoms with E-state index in [0.717, 1.165) is 18.5 Å². The maximum absolute atomic E-state index is 3.11. The van der Waals surface area contributed by atoms with Crippen LogP contribution in [0.25, 0.3) is 0 Å². The zero-order chi connectivity index (χ0) is 9.45. The molecular weight excluding hydrogens is 146 g/mol. The van der Waals surface area contributed by atoms with Crippen molar-refractivity contribution in [3.05, 3.63) is 0 Å². The summed E-state index contributed by atoms with van der Waals surface area (Å²) in [6.45, 7) is 11.0. The van der Waals surface area contributed by atoms with Gasteiger partial charge < -0.3 is 5.32 Å². The standard InChI is InChI=1S/C7H14.C4H11N/c1-3-7(4-2)5-6-7;1-3-5-4-2/h3-6H2,1-2H3;5H,3-4H2,1-2H3. The van der Waals surface area contributed by atoms with Crippen LogP contribution in [0.3, 0.4) is 0 Å². The molecule has 0 aromatic heterocycles. The lowest BCUT2D eigenvalue weighted by Gasteiger charge is -2.04. The second kappa shape index (κ2) is 6.47. The van der Waals surface area contributed by atoms with Gasteiger partial charge in [-0.1, -0.05) is 40.5 Å². The van der Waals surface area contributed by atoms with E-state index in [-0.39, 0.29) is 0 Å². The topological polar surface area (TPSA) is 12.0 Å². The van der Waals surface area contributed by atoms with E-state index in [1.54, 1.807) is 0 Å². The van der Waals surface area contributed by atoms with Gasteiger partial charge in [0.25, 0.3) is 0 Å². The van der Waals surface area contributed by atoms with E-state index < -0.39 is 0 Å². The molecule has 74 valence electrons. The average Bonchev–Trinajstić information content (AvgIpc) is 2.87. The molecule has 1 heteroatoms. The molecule has 1 N–H and O–H groups in total. The summed E-state index contributed by atoms with van der Waals surface area (Å²) < 4.78 is 0. The molecule has 0 aliphatic heterocycles. The maximum atomic E-state index is 3.11. The Kier molecular flexibility index (Phi) is 6.45. The number of hydrogen-bond donors (Lipinski definition) is 1. The van der Waals surface area contributed by atoms with Crippen molar-refractivity contribution in [2.45, 2.75) is 53.4 Å². The summed E-state index contributed by atoms with van der Waals surface area (Å²) in [5.41, 5.74) is 0.833. The summed E-state index contributed by atoms with van der Waals surface area (Å²) in [5, 5.41) is 3.11. The molecule has 0 spiro atoms. The number of hydrogen-bond acceptors (Lipinski definition) is 1. The monoisotopic (exact) mass is 171 g/mol. The summed E-state index contributed by atoms with van der Waals surface area (Å²) in [7, 11) is 0. The lowest BCUT2D eigenvalue weighted by atomic mass is 10.0. The molecule has 0 aromatic rings. The van der Waals surface area contributed by atoms with Gasteiger partial charge >= 0.3 is 0 Å². The van der Waals surface area contributed by atoms with Crippen molar-refractivity contribution in [2.75, 3.05) is 13.1 Å². The Morgan fingerprint density at radius 3 is 1.33 bits per heavy atom. The second-order valence-corrected chi connectivity index (χ2v) is 3.66. The van der Waals surface area contributed by atoms with Crippen LogP contribution >= 0.6 is 0 Å². The van der Waals surface area contributed by atoms with Crippen LogP contribution in [0.4, 0.5) is 0 Å². The van der Waals surface area contributed by atoms with Crippen LogP contribution in [-0.2, 0) is 0 Å². The lowest BCUT2D eigenvalue weighted by Crippen LogP contribution is -2.09. The van der Waals surface area contributed by atoms with Crippen LogP contribution in [0.5, 0.6) is 0 Å². The minimum Gasteiger partial charge on any atom is -0.317 e. The first kappa shape index (κ1) is 12.0. The van der Waals surface area contributed by atoms with Crippen molar-refractivity contribution in [1.29, 1.82) is 0 Å². The minimum atomic E-state index is 0.833. The van der Waals surface area contributed by atoms with Crippen molar-refractivity contribution in [2.24, 2.45) is 5.41 Å². The molecule has 0 atom stereocenters. The van der Waals surface area contributed by atoms with Crippen molar-refractivity contribution >= 4 is 0 Å². The summed E-state index contributed by atoms with van der Waals surface area (Å²) in [4.78, 5) is 0. The minimum absolute atomic E-state index is 0.833. The molecule has 1 aliphatic rings. The molecule has 1 saturated carbocycles. The fourth-order valence-corrected chi connectivity index (χ4v) is 1.38. The molecule has 1 aliphatic carbocycles. The van der Waals surface area contributed by atoms with Gasteiger partial charge in [0.2, 0.25) is 0 Å². The van der Waals surface area contributed by atoms with Crippen LogP contribution in [0.15, 0.2) is 0 Å². The van der Waals surface area contributed by atoms with Gasteiger partial charge in [-0.2, -0.15) is 0 Å². The Bertz CT molecular complexity index is 87.2. The zero-order valence-electron chi connectivity index (χ0n) is 9.24. The summed E-state index contributed by atoms with van der Waals surface area (Å²) in [5.74, 6) is 0. The molecule has 1 fully saturated rings. The predicted octanol–water partition coefficient (Wildman–Crippen LogP) is 3.20. The van der Waals surface area contributed by atoms with Crippen LogP contribution < -0.4 is 5.32 Å². The first-order valence-electron chi connectivity index (χ1n) is 5.45. The van der Waals surface area contributed by atoms with E-state index in [1.165, 1.54) is 25.7 Å². The summed E-state index contributed by atoms with van der Waals surface area (Å²) >= 11 is 0. The third-order valence-electron chi connectivity index (χ3n) is 2.96. The Morgan fingerprint density at radius 1 is 0.917 bits per heavy atom. The molecular formula is C11H25N. The van der Waals surface area contributed by atoms with E-state index in [4.69, 9.17) is 0 Å². The van der Waals surface area contributed by atoms with Crippen LogP contribution in [0.2, 0.25) is 0 Å². The summed E-state index contributed by atoms with van der Waals surface area (Å²) in [6.07, 6.45) is 5.81. The van der Waals surface area contributed by atoms with Crippen molar-refractivity contribution in [3.63, 3.8) is 0 Å². The first-order chi connectivity index (χ1) is 5.74. The molecule has 0 saturated heterocycles. The van der Waals surface area contributed by atoms with Gasteiger partial charge in [0, 0.05) is 0 Å². The number of nitrogens with one attached hydrogen (secondary N) is 1. The quantitative estimate of drug-likeness (QED) is 0.685. The van der Waals surface area contributed by atoms with Gasteiger partial charge in [0.05, 0.1) is 0 Å². The Hall–Kier alpha value is -0.0400. The van der Waals surface area contributed by atoms with Gasteiger partial charge in [0.1, 0.15) is 0 Å². The summed E-state index contributed by atoms with van der Waals surface area (Å²) in [6, 6.07) is 0. The van der Waals surface area contributed by atoms with Gasteiger partial charge in [-0.3, -0.25) is 0 Å². The van der Waals surface area contributed by atoms with E-state index in [2.05, 4.69) is 33.0 Å². The molecule has 0 heterocycles. The second-order valence-electron chi connectivity index (χ2n) is 3.66. The van der Waals surface area contributed by atoms with Crippen LogP contribution in [-0.4, -0.2) is 13.1 Å². The SMILES string of the molecule is CCC1(CC)CC1.CCNCC. The number of rotatable bonds is 4. The molecule has 0 amide bonds. The normalized spacial score (nSPS) is 18.0. The Morgan fingerprint density at radius 2 is 1.33 bits per heavy atom. The fraction of sp³-hybridized carbons (Fsp3) is 1.00. The highest BCUT2D eigenvalue weighted by Crippen LogP contribution is 2.51. The first-order valence-corrected chi connectivity index (χ1v) is 5.45. The van der Waals surface area contributed by atoms with E-state index >= 15 is 0 Å². The van der Waals surface area contributed by atoms with Crippen molar-refractivity contribution in [3.8, 4) is 0 Å². The van der Waals surface area contributed by atoms with Gasteiger partial charge in [-0.15, -0.1) is 0 Å². The highest BCUT2D eigenvalue weighted by Gasteiger charge is 2.37. The van der Waals surface area contributed by atoms with Gasteiger partial charge in [-0.05, 0) is 31.3 Å². The van der Waals surface area contributed by atoms with Gasteiger partial charge in [0.15, 0.2) is 0 Å². The molecule has 0 bridgehead atoms. The maximum Gasteiger partial charge on any atom is -0.00775 e. The molecule has 0 radical (unpaired) electrons. The highest BCUT2D eigenvalue weighted by molar-refractivity contribution is 4.89. The molecule has 1 nitrogen and oxygen atoms in total. The predicted molar refractivity (Wildman–Crippen MR) is 56.5 cm³/mol. The van der Waals surface area contributed by atoms with E-state index in [9.17, 15) is 0 Å². The van der Waals surface area contributed by atoms with Crippen LogP contribution in [0, 0.1) is 5.41 Å². The van der Waals surface area contributed by atoms with E-state index in [0.29, 0.717) is 0 Å². The molecule has 0 aromatic carbocycles. The average molecular weight is 171 g/mol. The smallest absolute Gasteiger partial charge is 0.00775 e. The van der Waals surface area contributed by atoms with E-state index in [1.807, 2.05) is 0 Å². The Labute approximate surface area is 77.9 Å². The fourth-order valence-electron chi connectivity index (χ4n) is 1.38. The van der Waals surface area contributed by atoms with Crippen molar-refractivity contribution in [1.82, 2.24) is 5.32 Å². The zero-order valence-corrected chi connectivity index (χ0v) is 9.24. The third kappa shape index (κ3) is 4.76.